The van der Waals surface area contributed by atoms with Gasteiger partial charge in [0.1, 0.15) is 13.2 Å². The minimum Gasteiger partial charge on any atom is -0.486 e. The summed E-state index contributed by atoms with van der Waals surface area (Å²) in [7, 11) is 0. The van der Waals surface area contributed by atoms with Crippen LogP contribution in [0.15, 0.2) is 30.5 Å². The molecule has 0 saturated heterocycles. The normalized spacial score (nSPS) is 14.0. The molecule has 0 N–H and O–H groups in total. The topological polar surface area (TPSA) is 44.2 Å². The van der Waals surface area contributed by atoms with Crippen molar-refractivity contribution in [2.45, 2.75) is 19.0 Å². The predicted octanol–water partition coefficient (Wildman–Crippen LogP) is 3.41. The first-order valence-corrected chi connectivity index (χ1v) is 6.80. The first kappa shape index (κ1) is 14.6. The van der Waals surface area contributed by atoms with Crippen molar-refractivity contribution in [3.8, 4) is 22.9 Å². The van der Waals surface area contributed by atoms with Crippen molar-refractivity contribution in [3.05, 3.63) is 36.2 Å². The van der Waals surface area contributed by atoms with Gasteiger partial charge in [0.2, 0.25) is 0 Å². The van der Waals surface area contributed by atoms with Crippen molar-refractivity contribution in [2.75, 3.05) is 13.2 Å². The maximum Gasteiger partial charge on any atom is 0.389 e. The lowest BCUT2D eigenvalue weighted by Crippen LogP contribution is -2.15. The van der Waals surface area contributed by atoms with Crippen LogP contribution in [0.2, 0.25) is 0 Å². The van der Waals surface area contributed by atoms with Gasteiger partial charge < -0.3 is 9.47 Å². The highest BCUT2D eigenvalue weighted by Gasteiger charge is 2.26. The number of benzene rings is 1. The van der Waals surface area contributed by atoms with Gasteiger partial charge in [-0.05, 0) is 30.7 Å². The number of halogens is 3. The van der Waals surface area contributed by atoms with E-state index in [9.17, 15) is 13.2 Å². The lowest BCUT2D eigenvalue weighted by Gasteiger charge is -2.18. The molecule has 7 heteroatoms. The summed E-state index contributed by atoms with van der Waals surface area (Å²) in [5.74, 6) is 1.60. The molecule has 0 fully saturated rings. The molecule has 0 saturated carbocycles. The summed E-state index contributed by atoms with van der Waals surface area (Å²) in [5, 5.41) is 0. The van der Waals surface area contributed by atoms with E-state index in [1.807, 2.05) is 0 Å². The number of alkyl halides is 3. The van der Waals surface area contributed by atoms with Crippen molar-refractivity contribution >= 4 is 0 Å². The summed E-state index contributed by atoms with van der Waals surface area (Å²) in [6.45, 7) is 0.957. The van der Waals surface area contributed by atoms with Gasteiger partial charge in [-0.1, -0.05) is 0 Å². The standard InChI is InChI=1S/C15H13F3N2O2/c16-15(17,18)5-3-11-4-6-19-14(20-11)10-1-2-12-13(9-10)22-8-7-21-12/h1-2,4,6,9H,3,5,7-8H2. The molecule has 1 aromatic heterocycles. The molecular formula is C15H13F3N2O2. The van der Waals surface area contributed by atoms with E-state index in [0.717, 1.165) is 0 Å². The Hall–Kier alpha value is -2.31. The van der Waals surface area contributed by atoms with Gasteiger partial charge in [0.05, 0.1) is 0 Å². The van der Waals surface area contributed by atoms with E-state index < -0.39 is 12.6 Å². The number of ether oxygens (including phenoxy) is 2. The van der Waals surface area contributed by atoms with Crippen LogP contribution < -0.4 is 9.47 Å². The molecule has 0 bridgehead atoms. The Morgan fingerprint density at radius 3 is 2.59 bits per heavy atom. The molecule has 1 aliphatic rings. The Morgan fingerprint density at radius 1 is 1.05 bits per heavy atom. The molecule has 0 amide bonds. The Kier molecular flexibility index (Phi) is 3.87. The summed E-state index contributed by atoms with van der Waals surface area (Å²) in [6, 6.07) is 6.73. The number of fused-ring (bicyclic) bond motifs is 1. The number of aryl methyl sites for hydroxylation is 1. The Labute approximate surface area is 124 Å². The molecule has 22 heavy (non-hydrogen) atoms. The zero-order valence-corrected chi connectivity index (χ0v) is 11.6. The number of aromatic nitrogens is 2. The van der Waals surface area contributed by atoms with Gasteiger partial charge in [-0.15, -0.1) is 0 Å². The van der Waals surface area contributed by atoms with E-state index in [4.69, 9.17) is 9.47 Å². The molecule has 1 aliphatic heterocycles. The maximum absolute atomic E-state index is 12.3. The molecule has 3 rings (SSSR count). The molecule has 1 aromatic carbocycles. The molecule has 2 aromatic rings. The number of hydrogen-bond donors (Lipinski definition) is 0. The molecule has 0 atom stereocenters. The second-order valence-electron chi connectivity index (χ2n) is 4.85. The van der Waals surface area contributed by atoms with Gasteiger partial charge in [-0.25, -0.2) is 9.97 Å². The largest absolute Gasteiger partial charge is 0.486 e. The third-order valence-electron chi connectivity index (χ3n) is 3.18. The van der Waals surface area contributed by atoms with Crippen LogP contribution >= 0.6 is 0 Å². The highest BCUT2D eigenvalue weighted by atomic mass is 19.4. The fraction of sp³-hybridized carbons (Fsp3) is 0.333. The quantitative estimate of drug-likeness (QED) is 0.871. The van der Waals surface area contributed by atoms with Gasteiger partial charge in [-0.2, -0.15) is 13.2 Å². The predicted molar refractivity (Wildman–Crippen MR) is 72.8 cm³/mol. The average molecular weight is 310 g/mol. The van der Waals surface area contributed by atoms with Crippen molar-refractivity contribution in [1.82, 2.24) is 9.97 Å². The molecule has 4 nitrogen and oxygen atoms in total. The third kappa shape index (κ3) is 3.47. The second-order valence-corrected chi connectivity index (χ2v) is 4.85. The zero-order chi connectivity index (χ0) is 15.6. The minimum absolute atomic E-state index is 0.163. The summed E-state index contributed by atoms with van der Waals surface area (Å²) < 4.78 is 47.7. The lowest BCUT2D eigenvalue weighted by molar-refractivity contribution is -0.134. The summed E-state index contributed by atoms with van der Waals surface area (Å²) in [5.41, 5.74) is 1.04. The van der Waals surface area contributed by atoms with Crippen LogP contribution in [-0.2, 0) is 6.42 Å². The average Bonchev–Trinajstić information content (AvgIpc) is 2.52. The summed E-state index contributed by atoms with van der Waals surface area (Å²) in [4.78, 5) is 8.30. The van der Waals surface area contributed by atoms with Gasteiger partial charge >= 0.3 is 6.18 Å². The van der Waals surface area contributed by atoms with Gasteiger partial charge in [0.15, 0.2) is 17.3 Å². The fourth-order valence-corrected chi connectivity index (χ4v) is 2.13. The molecule has 0 unspecified atom stereocenters. The first-order valence-electron chi connectivity index (χ1n) is 6.80. The van der Waals surface area contributed by atoms with Crippen LogP contribution in [0.25, 0.3) is 11.4 Å². The number of rotatable bonds is 3. The van der Waals surface area contributed by atoms with Crippen LogP contribution in [0.4, 0.5) is 13.2 Å². The third-order valence-corrected chi connectivity index (χ3v) is 3.18. The van der Waals surface area contributed by atoms with E-state index in [2.05, 4.69) is 9.97 Å². The van der Waals surface area contributed by atoms with Gasteiger partial charge in [0.25, 0.3) is 0 Å². The highest BCUT2D eigenvalue weighted by molar-refractivity contribution is 5.61. The molecular weight excluding hydrogens is 297 g/mol. The Bertz CT molecular complexity index is 674. The van der Waals surface area contributed by atoms with Crippen molar-refractivity contribution in [3.63, 3.8) is 0 Å². The second kappa shape index (κ2) is 5.82. The number of hydrogen-bond acceptors (Lipinski definition) is 4. The van der Waals surface area contributed by atoms with Crippen molar-refractivity contribution in [2.24, 2.45) is 0 Å². The maximum atomic E-state index is 12.3. The van der Waals surface area contributed by atoms with Gasteiger partial charge in [-0.3, -0.25) is 0 Å². The van der Waals surface area contributed by atoms with Crippen LogP contribution in [0.1, 0.15) is 12.1 Å². The molecule has 2 heterocycles. The molecule has 0 spiro atoms. The minimum atomic E-state index is -4.19. The smallest absolute Gasteiger partial charge is 0.389 e. The van der Waals surface area contributed by atoms with Crippen LogP contribution in [0, 0.1) is 0 Å². The van der Waals surface area contributed by atoms with Crippen LogP contribution in [-0.4, -0.2) is 29.4 Å². The highest BCUT2D eigenvalue weighted by Crippen LogP contribution is 2.33. The molecule has 116 valence electrons. The lowest BCUT2D eigenvalue weighted by atomic mass is 10.1. The van der Waals surface area contributed by atoms with E-state index in [1.54, 1.807) is 18.2 Å². The Balaban J connectivity index is 1.82. The van der Waals surface area contributed by atoms with E-state index in [1.165, 1.54) is 12.3 Å². The Morgan fingerprint density at radius 2 is 1.82 bits per heavy atom. The zero-order valence-electron chi connectivity index (χ0n) is 11.6. The monoisotopic (exact) mass is 310 g/mol. The molecule has 0 radical (unpaired) electrons. The summed E-state index contributed by atoms with van der Waals surface area (Å²) in [6.07, 6.45) is -3.79. The summed E-state index contributed by atoms with van der Waals surface area (Å²) >= 11 is 0. The SMILES string of the molecule is FC(F)(F)CCc1ccnc(-c2ccc3c(c2)OCCO3)n1. The van der Waals surface area contributed by atoms with E-state index in [-0.39, 0.29) is 6.42 Å². The van der Waals surface area contributed by atoms with E-state index in [0.29, 0.717) is 41.8 Å². The van der Waals surface area contributed by atoms with Crippen LogP contribution in [0.3, 0.4) is 0 Å². The number of nitrogens with zero attached hydrogens (tertiary/aromatic N) is 2. The van der Waals surface area contributed by atoms with Crippen molar-refractivity contribution in [1.29, 1.82) is 0 Å². The fourth-order valence-electron chi connectivity index (χ4n) is 2.13. The van der Waals surface area contributed by atoms with Gasteiger partial charge in [0, 0.05) is 23.9 Å². The van der Waals surface area contributed by atoms with Crippen LogP contribution in [0.5, 0.6) is 11.5 Å². The molecule has 0 aliphatic carbocycles. The van der Waals surface area contributed by atoms with E-state index >= 15 is 0 Å². The van der Waals surface area contributed by atoms with Crippen molar-refractivity contribution < 1.29 is 22.6 Å². The first-order chi connectivity index (χ1) is 10.5.